The summed E-state index contributed by atoms with van der Waals surface area (Å²) >= 11 is 0. The molecule has 8 heteroatoms. The first kappa shape index (κ1) is 18.6. The normalized spacial score (nSPS) is 11.0. The Morgan fingerprint density at radius 2 is 2.00 bits per heavy atom. The summed E-state index contributed by atoms with van der Waals surface area (Å²) in [5, 5.41) is 0. The number of nitrogens with one attached hydrogen (secondary N) is 2. The maximum Gasteiger partial charge on any atom is 0.254 e. The van der Waals surface area contributed by atoms with Crippen LogP contribution in [-0.2, 0) is 17.6 Å². The molecule has 2 aromatic heterocycles. The topological polar surface area (TPSA) is 104 Å². The summed E-state index contributed by atoms with van der Waals surface area (Å²) in [5.74, 6) is 1.97. The molecule has 2 N–H and O–H groups in total. The van der Waals surface area contributed by atoms with Gasteiger partial charge in [0.25, 0.3) is 5.56 Å². The standard InChI is InChI=1S/C19H23N5O3/c1-11-14(19(26)21-12(2)20-11)10-18(25)24(3)8-7-17-22-15-6-5-13(27-4)9-16(15)23-17/h5-6,9H,7-8,10H2,1-4H3,(H,22,23)(H,20,21,26). The number of amides is 1. The third-order valence-corrected chi connectivity index (χ3v) is 4.52. The molecular weight excluding hydrogens is 346 g/mol. The van der Waals surface area contributed by atoms with Crippen LogP contribution in [0.5, 0.6) is 5.75 Å². The molecule has 27 heavy (non-hydrogen) atoms. The number of H-pyrrole nitrogens is 2. The summed E-state index contributed by atoms with van der Waals surface area (Å²) in [6.07, 6.45) is 0.614. The molecule has 0 radical (unpaired) electrons. The predicted molar refractivity (Wildman–Crippen MR) is 102 cm³/mol. The first-order valence-corrected chi connectivity index (χ1v) is 8.70. The second kappa shape index (κ2) is 7.61. The van der Waals surface area contributed by atoms with E-state index in [9.17, 15) is 9.59 Å². The Hall–Kier alpha value is -3.16. The monoisotopic (exact) mass is 369 g/mol. The van der Waals surface area contributed by atoms with Gasteiger partial charge in [-0.3, -0.25) is 9.59 Å². The number of benzene rings is 1. The van der Waals surface area contributed by atoms with Crippen molar-refractivity contribution in [2.75, 3.05) is 20.7 Å². The smallest absolute Gasteiger partial charge is 0.254 e. The number of aromatic nitrogens is 4. The summed E-state index contributed by atoms with van der Waals surface area (Å²) in [7, 11) is 3.34. The van der Waals surface area contributed by atoms with Gasteiger partial charge in [0.1, 0.15) is 17.4 Å². The lowest BCUT2D eigenvalue weighted by atomic mass is 10.1. The molecule has 3 aromatic rings. The van der Waals surface area contributed by atoms with Gasteiger partial charge < -0.3 is 19.6 Å². The quantitative estimate of drug-likeness (QED) is 0.685. The Bertz CT molecular complexity index is 1040. The predicted octanol–water partition coefficient (Wildman–Crippen LogP) is 1.52. The van der Waals surface area contributed by atoms with Gasteiger partial charge in [-0.2, -0.15) is 0 Å². The molecule has 3 rings (SSSR count). The Morgan fingerprint density at radius 1 is 1.22 bits per heavy atom. The molecule has 1 aromatic carbocycles. The third-order valence-electron chi connectivity index (χ3n) is 4.52. The minimum absolute atomic E-state index is 0.0300. The highest BCUT2D eigenvalue weighted by atomic mass is 16.5. The number of likely N-dealkylation sites (N-methyl/N-ethyl adjacent to an activating group) is 1. The van der Waals surface area contributed by atoms with Gasteiger partial charge in [-0.1, -0.05) is 0 Å². The van der Waals surface area contributed by atoms with Crippen molar-refractivity contribution in [3.63, 3.8) is 0 Å². The molecule has 142 valence electrons. The van der Waals surface area contributed by atoms with E-state index in [-0.39, 0.29) is 17.9 Å². The van der Waals surface area contributed by atoms with E-state index >= 15 is 0 Å². The molecule has 1 amide bonds. The fraction of sp³-hybridized carbons (Fsp3) is 0.368. The molecule has 0 bridgehead atoms. The van der Waals surface area contributed by atoms with Crippen molar-refractivity contribution in [1.29, 1.82) is 0 Å². The minimum Gasteiger partial charge on any atom is -0.497 e. The maximum atomic E-state index is 12.5. The van der Waals surface area contributed by atoms with Gasteiger partial charge in [-0.25, -0.2) is 9.97 Å². The van der Waals surface area contributed by atoms with Crippen LogP contribution in [0.4, 0.5) is 0 Å². The summed E-state index contributed by atoms with van der Waals surface area (Å²) in [6.45, 7) is 3.95. The molecule has 0 saturated heterocycles. The summed E-state index contributed by atoms with van der Waals surface area (Å²) in [5.41, 5.74) is 2.49. The van der Waals surface area contributed by atoms with Crippen LogP contribution >= 0.6 is 0 Å². The van der Waals surface area contributed by atoms with Gasteiger partial charge in [-0.15, -0.1) is 0 Å². The van der Waals surface area contributed by atoms with Crippen molar-refractivity contribution in [2.45, 2.75) is 26.7 Å². The molecule has 0 fully saturated rings. The number of methoxy groups -OCH3 is 1. The lowest BCUT2D eigenvalue weighted by Gasteiger charge is -2.16. The van der Waals surface area contributed by atoms with E-state index in [1.54, 1.807) is 32.9 Å². The largest absolute Gasteiger partial charge is 0.497 e. The van der Waals surface area contributed by atoms with E-state index in [4.69, 9.17) is 4.74 Å². The van der Waals surface area contributed by atoms with Gasteiger partial charge in [0.15, 0.2) is 0 Å². The summed E-state index contributed by atoms with van der Waals surface area (Å²) in [6, 6.07) is 5.64. The molecule has 0 aliphatic carbocycles. The number of hydrogen-bond donors (Lipinski definition) is 2. The van der Waals surface area contributed by atoms with Gasteiger partial charge in [0, 0.05) is 37.3 Å². The molecule has 2 heterocycles. The number of aryl methyl sites for hydroxylation is 2. The van der Waals surface area contributed by atoms with Crippen molar-refractivity contribution in [1.82, 2.24) is 24.8 Å². The average Bonchev–Trinajstić information content (AvgIpc) is 3.04. The lowest BCUT2D eigenvalue weighted by molar-refractivity contribution is -0.129. The Balaban J connectivity index is 1.64. The number of imidazole rings is 1. The maximum absolute atomic E-state index is 12.5. The number of nitrogens with zero attached hydrogens (tertiary/aromatic N) is 3. The SMILES string of the molecule is COc1ccc2nc(CCN(C)C(=O)Cc3c(C)nc(C)[nH]c3=O)[nH]c2c1. The van der Waals surface area contributed by atoms with E-state index in [0.717, 1.165) is 22.6 Å². The molecule has 0 aliphatic rings. The lowest BCUT2D eigenvalue weighted by Crippen LogP contribution is -2.32. The number of rotatable bonds is 6. The highest BCUT2D eigenvalue weighted by Gasteiger charge is 2.16. The van der Waals surface area contributed by atoms with Crippen LogP contribution in [-0.4, -0.2) is 51.4 Å². The Morgan fingerprint density at radius 3 is 2.70 bits per heavy atom. The van der Waals surface area contributed by atoms with Crippen molar-refractivity contribution in [2.24, 2.45) is 0 Å². The number of ether oxygens (including phenoxy) is 1. The molecular formula is C19H23N5O3. The molecule has 0 unspecified atom stereocenters. The van der Waals surface area contributed by atoms with Crippen LogP contribution in [0.2, 0.25) is 0 Å². The zero-order valence-corrected chi connectivity index (χ0v) is 15.9. The number of aromatic amines is 2. The van der Waals surface area contributed by atoms with Crippen LogP contribution in [0, 0.1) is 13.8 Å². The van der Waals surface area contributed by atoms with Crippen LogP contribution in [0.15, 0.2) is 23.0 Å². The van der Waals surface area contributed by atoms with Gasteiger partial charge in [0.2, 0.25) is 5.91 Å². The van der Waals surface area contributed by atoms with Crippen molar-refractivity contribution in [3.05, 3.63) is 51.5 Å². The van der Waals surface area contributed by atoms with Crippen LogP contribution in [0.3, 0.4) is 0 Å². The molecule has 0 spiro atoms. The van der Waals surface area contributed by atoms with E-state index in [0.29, 0.717) is 30.0 Å². The van der Waals surface area contributed by atoms with E-state index in [2.05, 4.69) is 19.9 Å². The second-order valence-electron chi connectivity index (χ2n) is 6.52. The van der Waals surface area contributed by atoms with Crippen LogP contribution in [0.25, 0.3) is 11.0 Å². The van der Waals surface area contributed by atoms with Gasteiger partial charge in [-0.05, 0) is 26.0 Å². The Labute approximate surface area is 156 Å². The summed E-state index contributed by atoms with van der Waals surface area (Å²) < 4.78 is 5.21. The van der Waals surface area contributed by atoms with Crippen molar-refractivity contribution in [3.8, 4) is 5.75 Å². The van der Waals surface area contributed by atoms with E-state index in [1.807, 2.05) is 18.2 Å². The first-order chi connectivity index (χ1) is 12.9. The van der Waals surface area contributed by atoms with Gasteiger partial charge in [0.05, 0.1) is 24.6 Å². The van der Waals surface area contributed by atoms with Crippen molar-refractivity contribution < 1.29 is 9.53 Å². The van der Waals surface area contributed by atoms with Crippen LogP contribution < -0.4 is 10.3 Å². The van der Waals surface area contributed by atoms with E-state index in [1.165, 1.54) is 0 Å². The number of carbonyl (C=O) groups is 1. The highest BCUT2D eigenvalue weighted by molar-refractivity contribution is 5.79. The molecule has 8 nitrogen and oxygen atoms in total. The highest BCUT2D eigenvalue weighted by Crippen LogP contribution is 2.18. The fourth-order valence-corrected chi connectivity index (χ4v) is 2.93. The number of carbonyl (C=O) groups excluding carboxylic acids is 1. The fourth-order valence-electron chi connectivity index (χ4n) is 2.93. The Kier molecular flexibility index (Phi) is 5.25. The molecule has 0 aliphatic heterocycles. The van der Waals surface area contributed by atoms with Gasteiger partial charge >= 0.3 is 0 Å². The van der Waals surface area contributed by atoms with Crippen molar-refractivity contribution >= 4 is 16.9 Å². The summed E-state index contributed by atoms with van der Waals surface area (Å²) in [4.78, 5) is 40.8. The number of fused-ring (bicyclic) bond motifs is 1. The minimum atomic E-state index is -0.256. The zero-order chi connectivity index (χ0) is 19.6. The van der Waals surface area contributed by atoms with Crippen LogP contribution in [0.1, 0.15) is 22.9 Å². The number of hydrogen-bond acceptors (Lipinski definition) is 5. The second-order valence-corrected chi connectivity index (χ2v) is 6.52. The third kappa shape index (κ3) is 4.16. The molecule has 0 saturated carbocycles. The average molecular weight is 369 g/mol. The van der Waals surface area contributed by atoms with E-state index < -0.39 is 0 Å². The zero-order valence-electron chi connectivity index (χ0n) is 15.9. The first-order valence-electron chi connectivity index (χ1n) is 8.70. The molecule has 0 atom stereocenters.